The van der Waals surface area contributed by atoms with E-state index in [2.05, 4.69) is 26.0 Å². The predicted octanol–water partition coefficient (Wildman–Crippen LogP) is 3.30. The molecular weight excluding hydrogens is 574 g/mol. The standard InChI is InChI=1S/C24H23N5O2.W/c30-24-20-15-19(29-16-21(27-17-29)18-6-7-18)8-9-22(20)31-14-4-12-28-13-11-25-23(28)5-2-1-3-10-26-24;/h1-3,8-11,13,15-18H,4,6-7,12,14H2,(H,26,30);. The van der Waals surface area contributed by atoms with Gasteiger partial charge in [-0.2, -0.15) is 0 Å². The van der Waals surface area contributed by atoms with Crippen LogP contribution in [0.25, 0.3) is 5.69 Å². The molecule has 8 heteroatoms. The molecule has 0 saturated heterocycles. The molecule has 1 aromatic carbocycles. The SMILES string of the molecule is O=C1NC=CC=C[C](=[W])c2nccn2CCCOc2ccc(-n3cnc(C4CC4)c3)cc21. The number of carbonyl (C=O) groups is 1. The van der Waals surface area contributed by atoms with E-state index in [9.17, 15) is 4.79 Å². The summed E-state index contributed by atoms with van der Waals surface area (Å²) in [6, 6.07) is 5.69. The second-order valence-electron chi connectivity index (χ2n) is 7.86. The molecule has 0 atom stereocenters. The fraction of sp³-hybridized carbons (Fsp3) is 0.250. The average molecular weight is 597 g/mol. The molecule has 5 rings (SSSR count). The third-order valence-electron chi connectivity index (χ3n) is 5.51. The number of allylic oxidation sites excluding steroid dienone is 3. The first-order chi connectivity index (χ1) is 15.7. The van der Waals surface area contributed by atoms with Crippen LogP contribution in [0.3, 0.4) is 0 Å². The van der Waals surface area contributed by atoms with E-state index >= 15 is 0 Å². The van der Waals surface area contributed by atoms with Gasteiger partial charge in [-0.05, 0) is 12.8 Å². The van der Waals surface area contributed by atoms with Gasteiger partial charge in [0.25, 0.3) is 0 Å². The van der Waals surface area contributed by atoms with Crippen LogP contribution < -0.4 is 10.1 Å². The van der Waals surface area contributed by atoms with Gasteiger partial charge in [-0.15, -0.1) is 0 Å². The van der Waals surface area contributed by atoms with Gasteiger partial charge in [0, 0.05) is 5.92 Å². The van der Waals surface area contributed by atoms with Gasteiger partial charge in [-0.1, -0.05) is 0 Å². The Morgan fingerprint density at radius 1 is 1.19 bits per heavy atom. The Morgan fingerprint density at radius 3 is 2.97 bits per heavy atom. The third-order valence-corrected chi connectivity index (χ3v) is 6.66. The number of nitrogens with zero attached hydrogens (tertiary/aromatic N) is 4. The van der Waals surface area contributed by atoms with Crippen molar-refractivity contribution in [2.45, 2.75) is 31.7 Å². The number of hydrogen-bond acceptors (Lipinski definition) is 4. The van der Waals surface area contributed by atoms with Gasteiger partial charge in [0.15, 0.2) is 0 Å². The number of carbonyl (C=O) groups excluding carboxylic acids is 1. The van der Waals surface area contributed by atoms with Gasteiger partial charge >= 0.3 is 168 Å². The summed E-state index contributed by atoms with van der Waals surface area (Å²) < 4.78 is 11.3. The minimum atomic E-state index is -0.205. The summed E-state index contributed by atoms with van der Waals surface area (Å²) in [4.78, 5) is 22.0. The van der Waals surface area contributed by atoms with Crippen LogP contribution in [-0.2, 0) is 25.9 Å². The van der Waals surface area contributed by atoms with Gasteiger partial charge < -0.3 is 0 Å². The summed E-state index contributed by atoms with van der Waals surface area (Å²) in [6.45, 7) is 1.31. The van der Waals surface area contributed by atoms with Gasteiger partial charge in [-0.3, -0.25) is 0 Å². The monoisotopic (exact) mass is 597 g/mol. The molecule has 3 aromatic rings. The molecule has 1 fully saturated rings. The van der Waals surface area contributed by atoms with E-state index in [-0.39, 0.29) is 5.91 Å². The van der Waals surface area contributed by atoms with E-state index in [1.54, 1.807) is 6.20 Å². The third kappa shape index (κ3) is 4.58. The number of benzene rings is 1. The van der Waals surface area contributed by atoms with Crippen LogP contribution in [0.2, 0.25) is 0 Å². The normalized spacial score (nSPS) is 17.0. The van der Waals surface area contributed by atoms with Crippen LogP contribution >= 0.6 is 0 Å². The molecule has 1 aliphatic carbocycles. The average Bonchev–Trinajstić information content (AvgIpc) is 3.34. The Bertz CT molecular complexity index is 1220. The van der Waals surface area contributed by atoms with E-state index in [0.29, 0.717) is 23.8 Å². The molecule has 162 valence electrons. The number of nitrogens with one attached hydrogen (secondary N) is 1. The summed E-state index contributed by atoms with van der Waals surface area (Å²) in [7, 11) is 0. The van der Waals surface area contributed by atoms with Gasteiger partial charge in [0.05, 0.1) is 5.69 Å². The maximum absolute atomic E-state index is 12.9. The van der Waals surface area contributed by atoms with Crippen molar-refractivity contribution in [1.82, 2.24) is 24.4 Å². The van der Waals surface area contributed by atoms with E-state index < -0.39 is 0 Å². The predicted molar refractivity (Wildman–Crippen MR) is 118 cm³/mol. The molecule has 1 amide bonds. The van der Waals surface area contributed by atoms with Crippen molar-refractivity contribution in [3.8, 4) is 11.4 Å². The fourth-order valence-electron chi connectivity index (χ4n) is 3.66. The summed E-state index contributed by atoms with van der Waals surface area (Å²) in [5.41, 5.74) is 2.51. The van der Waals surface area contributed by atoms with Crippen molar-refractivity contribution >= 4 is 9.81 Å². The molecular formula is C24H23N5O2W. The van der Waals surface area contributed by atoms with Crippen molar-refractivity contribution in [1.29, 1.82) is 0 Å². The summed E-state index contributed by atoms with van der Waals surface area (Å²) in [6.07, 6.45) is 18.3. The van der Waals surface area contributed by atoms with Crippen LogP contribution in [-0.4, -0.2) is 35.5 Å². The van der Waals surface area contributed by atoms with E-state index in [1.165, 1.54) is 32.2 Å². The number of ether oxygens (including phenoxy) is 1. The molecule has 32 heavy (non-hydrogen) atoms. The van der Waals surface area contributed by atoms with Crippen molar-refractivity contribution < 1.29 is 28.9 Å². The van der Waals surface area contributed by atoms with Crippen LogP contribution in [0.5, 0.6) is 5.75 Å². The molecule has 0 bridgehead atoms. The van der Waals surface area contributed by atoms with Gasteiger partial charge in [0.1, 0.15) is 0 Å². The number of hydrogen-bond donors (Lipinski definition) is 1. The number of fused-ring (bicyclic) bond motifs is 2. The molecule has 2 aromatic heterocycles. The first-order valence-electron chi connectivity index (χ1n) is 10.7. The summed E-state index contributed by atoms with van der Waals surface area (Å²) in [5.74, 6) is 1.93. The Labute approximate surface area is 197 Å². The second-order valence-corrected chi connectivity index (χ2v) is 9.44. The van der Waals surface area contributed by atoms with Crippen molar-refractivity contribution in [3.05, 3.63) is 84.6 Å². The van der Waals surface area contributed by atoms with Crippen LogP contribution in [0.4, 0.5) is 0 Å². The zero-order valence-electron chi connectivity index (χ0n) is 17.5. The molecule has 0 spiro atoms. The zero-order chi connectivity index (χ0) is 21.9. The van der Waals surface area contributed by atoms with Gasteiger partial charge in [-0.25, -0.2) is 4.98 Å². The number of aryl methyl sites for hydroxylation is 1. The Morgan fingerprint density at radius 2 is 2.09 bits per heavy atom. The summed E-state index contributed by atoms with van der Waals surface area (Å²) >= 11 is 1.34. The molecule has 1 aliphatic heterocycles. The van der Waals surface area contributed by atoms with Gasteiger partial charge in [0.2, 0.25) is 0 Å². The topological polar surface area (TPSA) is 74.0 Å². The molecule has 1 saturated carbocycles. The number of imidazole rings is 2. The van der Waals surface area contributed by atoms with E-state index in [0.717, 1.165) is 34.1 Å². The maximum atomic E-state index is 12.9. The van der Waals surface area contributed by atoms with E-state index in [1.807, 2.05) is 59.7 Å². The molecule has 7 nitrogen and oxygen atoms in total. The number of aromatic nitrogens is 4. The summed E-state index contributed by atoms with van der Waals surface area (Å²) in [5, 5.41) is 2.85. The quantitative estimate of drug-likeness (QED) is 0.493. The first kappa shape index (κ1) is 20.8. The number of rotatable bonds is 2. The molecule has 2 aliphatic rings. The molecule has 0 radical (unpaired) electrons. The fourth-order valence-corrected chi connectivity index (χ4v) is 4.55. The molecule has 1 N–H and O–H groups in total. The second kappa shape index (κ2) is 9.21. The first-order valence-corrected chi connectivity index (χ1v) is 12.2. The van der Waals surface area contributed by atoms with E-state index in [4.69, 9.17) is 4.74 Å². The molecule has 3 heterocycles. The number of amides is 1. The zero-order valence-corrected chi connectivity index (χ0v) is 20.4. The Hall–Kier alpha value is -3.05. The van der Waals surface area contributed by atoms with Crippen LogP contribution in [0, 0.1) is 0 Å². The van der Waals surface area contributed by atoms with Crippen molar-refractivity contribution in [2.75, 3.05) is 6.61 Å². The van der Waals surface area contributed by atoms with Crippen LogP contribution in [0.1, 0.15) is 47.1 Å². The van der Waals surface area contributed by atoms with Crippen LogP contribution in [0.15, 0.2) is 67.5 Å². The Kier molecular flexibility index (Phi) is 5.99. The molecule has 0 unspecified atom stereocenters. The van der Waals surface area contributed by atoms with Crippen molar-refractivity contribution in [2.24, 2.45) is 0 Å². The van der Waals surface area contributed by atoms with Crippen molar-refractivity contribution in [3.63, 3.8) is 0 Å². The Balaban J connectivity index is 1.42. The minimum absolute atomic E-state index is 0.205.